The molecule has 0 bridgehead atoms. The van der Waals surface area contributed by atoms with Crippen LogP contribution in [0.15, 0.2) is 23.0 Å². The summed E-state index contributed by atoms with van der Waals surface area (Å²) < 4.78 is 17.8. The van der Waals surface area contributed by atoms with E-state index in [1.165, 1.54) is 0 Å². The topological polar surface area (TPSA) is 152 Å². The SMILES string of the molecule is CC[C@@]1(O)C(=O)OCc2c1cc1n(c2=O)Cc2c-1nc1cc3c(cc1c2CNCC(O)CO)OCO3. The summed E-state index contributed by atoms with van der Waals surface area (Å²) in [5.41, 5.74) is 1.63. The average molecular weight is 495 g/mol. The maximum atomic E-state index is 13.5. The fourth-order valence-corrected chi connectivity index (χ4v) is 5.18. The fourth-order valence-electron chi connectivity index (χ4n) is 5.18. The summed E-state index contributed by atoms with van der Waals surface area (Å²) in [5.74, 6) is 0.382. The minimum Gasteiger partial charge on any atom is -0.458 e. The largest absolute Gasteiger partial charge is 0.458 e. The van der Waals surface area contributed by atoms with Gasteiger partial charge in [-0.25, -0.2) is 9.78 Å². The Kier molecular flexibility index (Phi) is 5.27. The second-order valence-electron chi connectivity index (χ2n) is 9.21. The molecule has 0 radical (unpaired) electrons. The highest BCUT2D eigenvalue weighted by Crippen LogP contribution is 2.43. The smallest absolute Gasteiger partial charge is 0.343 e. The summed E-state index contributed by atoms with van der Waals surface area (Å²) in [6.07, 6.45) is -0.853. The predicted octanol–water partition coefficient (Wildman–Crippen LogP) is 0.251. The highest BCUT2D eigenvalue weighted by atomic mass is 16.7. The van der Waals surface area contributed by atoms with Crippen molar-refractivity contribution in [3.63, 3.8) is 0 Å². The molecule has 11 nitrogen and oxygen atoms in total. The van der Waals surface area contributed by atoms with E-state index >= 15 is 0 Å². The number of aliphatic hydroxyl groups excluding tert-OH is 2. The van der Waals surface area contributed by atoms with Crippen LogP contribution in [-0.2, 0) is 34.8 Å². The van der Waals surface area contributed by atoms with Gasteiger partial charge in [-0.05, 0) is 24.1 Å². The van der Waals surface area contributed by atoms with Gasteiger partial charge in [0.15, 0.2) is 17.1 Å². The van der Waals surface area contributed by atoms with E-state index in [4.69, 9.17) is 19.2 Å². The van der Waals surface area contributed by atoms with Crippen LogP contribution in [-0.4, -0.2) is 56.9 Å². The molecular weight excluding hydrogens is 470 g/mol. The zero-order valence-electron chi connectivity index (χ0n) is 19.5. The average Bonchev–Trinajstić information content (AvgIpc) is 3.49. The third-order valence-electron chi connectivity index (χ3n) is 7.19. The summed E-state index contributed by atoms with van der Waals surface area (Å²) in [6.45, 7) is 1.95. The molecule has 0 saturated carbocycles. The maximum absolute atomic E-state index is 13.5. The van der Waals surface area contributed by atoms with Crippen molar-refractivity contribution in [3.05, 3.63) is 50.8 Å². The summed E-state index contributed by atoms with van der Waals surface area (Å²) in [4.78, 5) is 30.8. The van der Waals surface area contributed by atoms with Gasteiger partial charge in [0.1, 0.15) is 6.61 Å². The number of esters is 1. The van der Waals surface area contributed by atoms with E-state index in [1.807, 2.05) is 6.07 Å². The molecule has 6 rings (SSSR count). The van der Waals surface area contributed by atoms with E-state index in [0.717, 1.165) is 16.5 Å². The Morgan fingerprint density at radius 3 is 2.69 bits per heavy atom. The maximum Gasteiger partial charge on any atom is 0.343 e. The molecule has 1 unspecified atom stereocenters. The van der Waals surface area contributed by atoms with Crippen LogP contribution in [0.1, 0.15) is 35.6 Å². The Morgan fingerprint density at radius 2 is 1.94 bits per heavy atom. The first-order valence-corrected chi connectivity index (χ1v) is 11.8. The normalized spacial score (nSPS) is 20.2. The quantitative estimate of drug-likeness (QED) is 0.274. The number of cyclic esters (lactones) is 1. The minimum atomic E-state index is -1.90. The van der Waals surface area contributed by atoms with Crippen molar-refractivity contribution >= 4 is 16.9 Å². The third kappa shape index (κ3) is 3.24. The molecule has 3 aliphatic rings. The number of benzene rings is 1. The van der Waals surface area contributed by atoms with E-state index in [9.17, 15) is 24.9 Å². The number of ether oxygens (including phenoxy) is 3. The second-order valence-corrected chi connectivity index (χ2v) is 9.21. The number of aliphatic hydroxyl groups is 3. The van der Waals surface area contributed by atoms with Crippen LogP contribution in [0.5, 0.6) is 11.5 Å². The van der Waals surface area contributed by atoms with Crippen LogP contribution in [0.4, 0.5) is 0 Å². The fraction of sp³-hybridized carbons (Fsp3) is 0.400. The number of nitrogens with zero attached hydrogens (tertiary/aromatic N) is 2. The number of carbonyl (C=O) groups excluding carboxylic acids is 1. The minimum absolute atomic E-state index is 0.0611. The van der Waals surface area contributed by atoms with E-state index in [2.05, 4.69) is 5.32 Å². The standard InChI is InChI=1S/C25H25N3O8/c1-2-25(33)17-4-19-22-15(8-28(19)23(31)16(17)10-34-24(25)32)14(7-26-6-12(30)9-29)13-3-20-21(36-11-35-20)5-18(13)27-22/h3-5,12,26,29-30,33H,2,6-11H2,1H3/t12?,25-/m0/s1. The number of hydrogen-bond acceptors (Lipinski definition) is 10. The highest BCUT2D eigenvalue weighted by Gasteiger charge is 2.45. The van der Waals surface area contributed by atoms with E-state index in [1.54, 1.807) is 23.6 Å². The van der Waals surface area contributed by atoms with Crippen LogP contribution in [0.3, 0.4) is 0 Å². The van der Waals surface area contributed by atoms with Gasteiger partial charge in [0.2, 0.25) is 6.79 Å². The van der Waals surface area contributed by atoms with Crippen LogP contribution in [0, 0.1) is 0 Å². The molecule has 1 aromatic carbocycles. The summed E-state index contributed by atoms with van der Waals surface area (Å²) in [5, 5.41) is 34.0. The summed E-state index contributed by atoms with van der Waals surface area (Å²) >= 11 is 0. The lowest BCUT2D eigenvalue weighted by Crippen LogP contribution is -2.44. The van der Waals surface area contributed by atoms with Gasteiger partial charge in [-0.3, -0.25) is 4.79 Å². The number of hydrogen-bond donors (Lipinski definition) is 4. The first-order valence-electron chi connectivity index (χ1n) is 11.8. The Hall–Kier alpha value is -3.51. The Balaban J connectivity index is 1.55. The van der Waals surface area contributed by atoms with Gasteiger partial charge in [-0.2, -0.15) is 0 Å². The number of pyridine rings is 2. The summed E-state index contributed by atoms with van der Waals surface area (Å²) in [6, 6.07) is 5.30. The molecule has 11 heteroatoms. The molecule has 4 N–H and O–H groups in total. The molecule has 3 aliphatic heterocycles. The zero-order chi connectivity index (χ0) is 25.2. The first kappa shape index (κ1) is 22.9. The van der Waals surface area contributed by atoms with Gasteiger partial charge < -0.3 is 39.4 Å². The van der Waals surface area contributed by atoms with Gasteiger partial charge >= 0.3 is 5.97 Å². The predicted molar refractivity (Wildman–Crippen MR) is 125 cm³/mol. The van der Waals surface area contributed by atoms with Crippen molar-refractivity contribution in [1.29, 1.82) is 0 Å². The molecule has 36 heavy (non-hydrogen) atoms. The molecule has 0 amide bonds. The monoisotopic (exact) mass is 495 g/mol. The first-order chi connectivity index (χ1) is 17.4. The number of aromatic nitrogens is 2. The molecule has 0 spiro atoms. The van der Waals surface area contributed by atoms with Crippen molar-refractivity contribution in [3.8, 4) is 22.9 Å². The lowest BCUT2D eigenvalue weighted by atomic mass is 9.86. The van der Waals surface area contributed by atoms with Crippen LogP contribution >= 0.6 is 0 Å². The van der Waals surface area contributed by atoms with Crippen LogP contribution in [0.25, 0.3) is 22.3 Å². The van der Waals surface area contributed by atoms with E-state index in [-0.39, 0.29) is 56.2 Å². The van der Waals surface area contributed by atoms with E-state index < -0.39 is 17.7 Å². The number of carbonyl (C=O) groups is 1. The van der Waals surface area contributed by atoms with Crippen molar-refractivity contribution in [2.75, 3.05) is 19.9 Å². The lowest BCUT2D eigenvalue weighted by molar-refractivity contribution is -0.172. The molecule has 0 saturated heterocycles. The van der Waals surface area contributed by atoms with Crippen molar-refractivity contribution in [1.82, 2.24) is 14.9 Å². The van der Waals surface area contributed by atoms with Crippen LogP contribution < -0.4 is 20.3 Å². The lowest BCUT2D eigenvalue weighted by Gasteiger charge is -2.31. The molecule has 5 heterocycles. The molecule has 3 aromatic rings. The summed E-state index contributed by atoms with van der Waals surface area (Å²) in [7, 11) is 0. The molecule has 188 valence electrons. The van der Waals surface area contributed by atoms with Gasteiger partial charge in [0.25, 0.3) is 5.56 Å². The second kappa shape index (κ2) is 8.27. The van der Waals surface area contributed by atoms with Gasteiger partial charge in [-0.1, -0.05) is 6.92 Å². The number of nitrogens with one attached hydrogen (secondary N) is 1. The molecule has 2 aromatic heterocycles. The number of fused-ring (bicyclic) bond motifs is 6. The van der Waals surface area contributed by atoms with E-state index in [0.29, 0.717) is 34.9 Å². The third-order valence-corrected chi connectivity index (χ3v) is 7.19. The highest BCUT2D eigenvalue weighted by molar-refractivity contribution is 5.91. The van der Waals surface area contributed by atoms with Gasteiger partial charge in [-0.15, -0.1) is 0 Å². The Bertz CT molecular complexity index is 1480. The van der Waals surface area contributed by atoms with Crippen molar-refractivity contribution in [2.24, 2.45) is 0 Å². The Morgan fingerprint density at radius 1 is 1.17 bits per heavy atom. The van der Waals surface area contributed by atoms with Crippen LogP contribution in [0.2, 0.25) is 0 Å². The van der Waals surface area contributed by atoms with Crippen molar-refractivity contribution < 1.29 is 34.3 Å². The molecule has 0 fully saturated rings. The number of rotatable bonds is 6. The molecule has 0 aliphatic carbocycles. The zero-order valence-corrected chi connectivity index (χ0v) is 19.5. The van der Waals surface area contributed by atoms with Crippen molar-refractivity contribution in [2.45, 2.75) is 44.7 Å². The van der Waals surface area contributed by atoms with Gasteiger partial charge in [0, 0.05) is 35.7 Å². The molecular formula is C25H25N3O8. The Labute approximate surface area is 204 Å². The van der Waals surface area contributed by atoms with Gasteiger partial charge in [0.05, 0.1) is 41.7 Å². The molecule has 2 atom stereocenters.